The Kier molecular flexibility index (Phi) is 12.8. The van der Waals surface area contributed by atoms with Gasteiger partial charge >= 0.3 is 0 Å². The quantitative estimate of drug-likeness (QED) is 0.136. The van der Waals surface area contributed by atoms with Crippen molar-refractivity contribution in [2.24, 2.45) is 0 Å². The highest BCUT2D eigenvalue weighted by molar-refractivity contribution is 6.10. The van der Waals surface area contributed by atoms with Crippen LogP contribution >= 0.6 is 0 Å². The Hall–Kier alpha value is -9.18. The van der Waals surface area contributed by atoms with Gasteiger partial charge in [-0.2, -0.15) is 0 Å². The summed E-state index contributed by atoms with van der Waals surface area (Å²) >= 11 is 0. The van der Waals surface area contributed by atoms with Crippen LogP contribution in [-0.2, 0) is 0 Å². The van der Waals surface area contributed by atoms with Gasteiger partial charge < -0.3 is 14.2 Å². The molecule has 0 bridgehead atoms. The third-order valence-electron chi connectivity index (χ3n) is 13.4. The van der Waals surface area contributed by atoms with Gasteiger partial charge in [0, 0.05) is 50.5 Å². The molecule has 12 rings (SSSR count). The number of furan rings is 1. The van der Waals surface area contributed by atoms with Gasteiger partial charge in [0.05, 0.1) is 0 Å². The molecule has 0 aliphatic carbocycles. The monoisotopic (exact) mass is 926 g/mol. The Morgan fingerprint density at radius 3 is 0.986 bits per heavy atom. The summed E-state index contributed by atoms with van der Waals surface area (Å²) in [6, 6.07) is 97.2. The summed E-state index contributed by atoms with van der Waals surface area (Å²) in [6.07, 6.45) is 0. The van der Waals surface area contributed by atoms with Crippen LogP contribution in [0.4, 0.5) is 34.1 Å². The third kappa shape index (κ3) is 9.70. The minimum Gasteiger partial charge on any atom is -0.455 e. The lowest BCUT2D eigenvalue weighted by Gasteiger charge is -2.26. The fraction of sp³-hybridized carbons (Fsp3) is 0.0435. The van der Waals surface area contributed by atoms with E-state index >= 15 is 0 Å². The highest BCUT2D eigenvalue weighted by Gasteiger charge is 2.18. The molecule has 1 aromatic heterocycles. The first-order valence-corrected chi connectivity index (χ1v) is 24.6. The number of para-hydroxylation sites is 1. The highest BCUT2D eigenvalue weighted by atomic mass is 16.3. The lowest BCUT2D eigenvalue weighted by atomic mass is 9.99. The summed E-state index contributed by atoms with van der Waals surface area (Å²) in [5.74, 6) is 0. The summed E-state index contributed by atoms with van der Waals surface area (Å²) in [4.78, 5) is 4.64. The van der Waals surface area contributed by atoms with E-state index in [-0.39, 0.29) is 0 Å². The van der Waals surface area contributed by atoms with Gasteiger partial charge in [-0.3, -0.25) is 0 Å². The van der Waals surface area contributed by atoms with Gasteiger partial charge in [0.2, 0.25) is 0 Å². The lowest BCUT2D eigenvalue weighted by Crippen LogP contribution is -2.09. The van der Waals surface area contributed by atoms with Crippen molar-refractivity contribution >= 4 is 56.1 Å². The Bertz CT molecular complexity index is 3570. The molecule has 0 amide bonds. The number of hydrogen-bond donors (Lipinski definition) is 0. The van der Waals surface area contributed by atoms with Gasteiger partial charge in [-0.15, -0.1) is 0 Å². The zero-order valence-corrected chi connectivity index (χ0v) is 40.8. The molecule has 72 heavy (non-hydrogen) atoms. The molecule has 0 N–H and O–H groups in total. The molecule has 0 fully saturated rings. The predicted molar refractivity (Wildman–Crippen MR) is 305 cm³/mol. The molecule has 0 aliphatic rings. The third-order valence-corrected chi connectivity index (χ3v) is 13.4. The van der Waals surface area contributed by atoms with Crippen LogP contribution in [0.5, 0.6) is 0 Å². The van der Waals surface area contributed by atoms with E-state index in [0.717, 1.165) is 78.3 Å². The maximum absolute atomic E-state index is 6.69. The van der Waals surface area contributed by atoms with Crippen LogP contribution < -0.4 is 9.80 Å². The molecule has 0 unspecified atom stereocenters. The fourth-order valence-electron chi connectivity index (χ4n) is 9.48. The molecule has 11 aromatic carbocycles. The van der Waals surface area contributed by atoms with Gasteiger partial charge in [-0.25, -0.2) is 0 Å². The SMILES string of the molecule is Cc1ccc(N(c2ccc(C)cc2)c2ccc(-c3ccc4oc5c(-c6ccc(N(c7ccc(-c8ccccc8)cc7)c7ccc(-c8ccccc8)cc7)cc6)cccc5c4c3)cc2)cc1.Cc1ccccc1. The number of fused-ring (bicyclic) bond motifs is 3. The molecule has 0 saturated carbocycles. The molecule has 346 valence electrons. The van der Waals surface area contributed by atoms with E-state index in [4.69, 9.17) is 4.42 Å². The van der Waals surface area contributed by atoms with Crippen molar-refractivity contribution in [3.63, 3.8) is 0 Å². The first-order chi connectivity index (χ1) is 35.4. The van der Waals surface area contributed by atoms with Crippen LogP contribution in [-0.4, -0.2) is 0 Å². The minimum absolute atomic E-state index is 0.874. The van der Waals surface area contributed by atoms with E-state index < -0.39 is 0 Å². The van der Waals surface area contributed by atoms with Crippen LogP contribution in [0.3, 0.4) is 0 Å². The van der Waals surface area contributed by atoms with Crippen LogP contribution in [0.2, 0.25) is 0 Å². The van der Waals surface area contributed by atoms with Crippen molar-refractivity contribution in [1.29, 1.82) is 0 Å². The second-order valence-corrected chi connectivity index (χ2v) is 18.4. The van der Waals surface area contributed by atoms with E-state index in [1.807, 2.05) is 18.2 Å². The Balaban J connectivity index is 0.000000740. The fourth-order valence-corrected chi connectivity index (χ4v) is 9.48. The zero-order valence-electron chi connectivity index (χ0n) is 40.8. The highest BCUT2D eigenvalue weighted by Crippen LogP contribution is 2.42. The first kappa shape index (κ1) is 45.3. The molecular formula is C69H54N2O. The Labute approximate surface area is 423 Å². The first-order valence-electron chi connectivity index (χ1n) is 24.6. The van der Waals surface area contributed by atoms with Crippen LogP contribution in [0.25, 0.3) is 66.4 Å². The number of anilines is 6. The standard InChI is InChI=1S/C62H46N2O.C7H8/c1-43-16-29-52(30-17-43)63(53-31-18-44(2)19-32-53)56-37-24-49(25-38-56)51-28-41-61-60(42-51)59-15-9-14-58(62(59)65-61)50-26-39-57(40-27-50)64(54-33-20-47(21-34-54)45-10-5-3-6-11-45)55-35-22-48(23-36-55)46-12-7-4-8-13-46;1-7-5-3-2-4-6-7/h3-42H,1-2H3;2-6H,1H3. The van der Waals surface area contributed by atoms with Crippen LogP contribution in [0, 0.1) is 20.8 Å². The molecule has 0 aliphatic heterocycles. The van der Waals surface area contributed by atoms with Crippen molar-refractivity contribution in [1.82, 2.24) is 0 Å². The number of aryl methyl sites for hydroxylation is 3. The van der Waals surface area contributed by atoms with E-state index in [1.54, 1.807) is 0 Å². The summed E-state index contributed by atoms with van der Waals surface area (Å²) < 4.78 is 6.69. The average molecular weight is 927 g/mol. The largest absolute Gasteiger partial charge is 0.455 e. The second kappa shape index (κ2) is 20.4. The lowest BCUT2D eigenvalue weighted by molar-refractivity contribution is 0.670. The number of benzene rings is 11. The Morgan fingerprint density at radius 1 is 0.250 bits per heavy atom. The normalized spacial score (nSPS) is 11.0. The Morgan fingerprint density at radius 2 is 0.583 bits per heavy atom. The molecule has 12 aromatic rings. The van der Waals surface area contributed by atoms with Crippen molar-refractivity contribution in [2.75, 3.05) is 9.80 Å². The van der Waals surface area contributed by atoms with E-state index in [0.29, 0.717) is 0 Å². The summed E-state index contributed by atoms with van der Waals surface area (Å²) in [6.45, 7) is 6.34. The minimum atomic E-state index is 0.874. The van der Waals surface area contributed by atoms with Crippen molar-refractivity contribution in [3.05, 3.63) is 290 Å². The molecule has 0 saturated heterocycles. The maximum atomic E-state index is 6.69. The summed E-state index contributed by atoms with van der Waals surface area (Å²) in [5, 5.41) is 2.20. The van der Waals surface area contributed by atoms with Gasteiger partial charge in [0.1, 0.15) is 11.2 Å². The van der Waals surface area contributed by atoms with Crippen LogP contribution in [0.1, 0.15) is 16.7 Å². The molecule has 3 nitrogen and oxygen atoms in total. The zero-order chi connectivity index (χ0) is 48.8. The van der Waals surface area contributed by atoms with Crippen molar-refractivity contribution in [3.8, 4) is 44.5 Å². The van der Waals surface area contributed by atoms with Gasteiger partial charge in [-0.1, -0.05) is 205 Å². The smallest absolute Gasteiger partial charge is 0.143 e. The van der Waals surface area contributed by atoms with Crippen LogP contribution in [0.15, 0.2) is 277 Å². The van der Waals surface area contributed by atoms with E-state index in [9.17, 15) is 0 Å². The predicted octanol–water partition coefficient (Wildman–Crippen LogP) is 19.8. The maximum Gasteiger partial charge on any atom is 0.143 e. The number of hydrogen-bond acceptors (Lipinski definition) is 3. The second-order valence-electron chi connectivity index (χ2n) is 18.4. The van der Waals surface area contributed by atoms with Crippen molar-refractivity contribution in [2.45, 2.75) is 20.8 Å². The van der Waals surface area contributed by atoms with Crippen molar-refractivity contribution < 1.29 is 4.42 Å². The number of nitrogens with zero attached hydrogens (tertiary/aromatic N) is 2. The van der Waals surface area contributed by atoms with Gasteiger partial charge in [0.15, 0.2) is 0 Å². The molecule has 1 heterocycles. The molecule has 3 heteroatoms. The summed E-state index contributed by atoms with van der Waals surface area (Å²) in [5.41, 5.74) is 21.4. The molecule has 0 radical (unpaired) electrons. The topological polar surface area (TPSA) is 19.6 Å². The van der Waals surface area contributed by atoms with E-state index in [2.05, 4.69) is 285 Å². The average Bonchev–Trinajstić information content (AvgIpc) is 3.82. The molecule has 0 atom stereocenters. The summed E-state index contributed by atoms with van der Waals surface area (Å²) in [7, 11) is 0. The van der Waals surface area contributed by atoms with E-state index in [1.165, 1.54) is 38.9 Å². The van der Waals surface area contributed by atoms with Gasteiger partial charge in [-0.05, 0) is 145 Å². The van der Waals surface area contributed by atoms with Gasteiger partial charge in [0.25, 0.3) is 0 Å². The molecule has 0 spiro atoms. The molecular weight excluding hydrogens is 873 g/mol. The number of rotatable bonds is 10.